The van der Waals surface area contributed by atoms with Gasteiger partial charge < -0.3 is 9.30 Å². The molecule has 32 heavy (non-hydrogen) atoms. The van der Waals surface area contributed by atoms with Gasteiger partial charge in [0.15, 0.2) is 0 Å². The smallest absolute Gasteiger partial charge is 0.337 e. The van der Waals surface area contributed by atoms with Crippen LogP contribution in [0, 0.1) is 0 Å². The van der Waals surface area contributed by atoms with Crippen molar-refractivity contribution in [3.8, 4) is 0 Å². The summed E-state index contributed by atoms with van der Waals surface area (Å²) in [6.45, 7) is 5.11. The summed E-state index contributed by atoms with van der Waals surface area (Å²) >= 11 is 0. The summed E-state index contributed by atoms with van der Waals surface area (Å²) in [6.07, 6.45) is 5.18. The summed E-state index contributed by atoms with van der Waals surface area (Å²) in [7, 11) is 1.40. The number of hydrogen-bond donors (Lipinski definition) is 0. The normalized spacial score (nSPS) is 12.3. The van der Waals surface area contributed by atoms with Gasteiger partial charge in [-0.1, -0.05) is 56.3 Å². The Hall–Kier alpha value is -3.66. The number of ether oxygens (including phenoxy) is 1. The van der Waals surface area contributed by atoms with E-state index in [0.29, 0.717) is 18.0 Å². The lowest BCUT2D eigenvalue weighted by molar-refractivity contribution is 0.0600. The Balaban J connectivity index is 1.62. The van der Waals surface area contributed by atoms with Gasteiger partial charge in [0.25, 0.3) is 0 Å². The number of hydrogen-bond acceptors (Lipinski definition) is 3. The Morgan fingerprint density at radius 1 is 1.06 bits per heavy atom. The number of carbonyl (C=O) groups excluding carboxylic acids is 1. The molecular formula is C28H28N2O2. The second-order valence-corrected chi connectivity index (χ2v) is 8.08. The number of para-hydroxylation sites is 1. The summed E-state index contributed by atoms with van der Waals surface area (Å²) in [4.78, 5) is 16.6. The largest absolute Gasteiger partial charge is 0.465 e. The third-order valence-electron chi connectivity index (χ3n) is 5.95. The van der Waals surface area contributed by atoms with Crippen LogP contribution in [-0.4, -0.2) is 23.9 Å². The van der Waals surface area contributed by atoms with Gasteiger partial charge in [0.2, 0.25) is 0 Å². The molecule has 1 heterocycles. The minimum absolute atomic E-state index is 0.323. The Kier molecular flexibility index (Phi) is 6.50. The molecule has 4 rings (SSSR count). The summed E-state index contributed by atoms with van der Waals surface area (Å²) in [5.74, 6) is 0.236. The molecule has 0 saturated carbocycles. The van der Waals surface area contributed by atoms with E-state index in [1.165, 1.54) is 12.7 Å². The molecule has 0 unspecified atom stereocenters. The van der Waals surface area contributed by atoms with Crippen molar-refractivity contribution in [1.82, 2.24) is 4.57 Å². The van der Waals surface area contributed by atoms with E-state index >= 15 is 0 Å². The first-order chi connectivity index (χ1) is 15.6. The quantitative estimate of drug-likeness (QED) is 0.243. The molecule has 0 radical (unpaired) electrons. The van der Waals surface area contributed by atoms with Crippen LogP contribution in [0.15, 0.2) is 84.0 Å². The number of nitrogens with zero attached hydrogens (tertiary/aromatic N) is 2. The van der Waals surface area contributed by atoms with E-state index in [4.69, 9.17) is 9.73 Å². The minimum atomic E-state index is -0.323. The molecule has 0 bridgehead atoms. The van der Waals surface area contributed by atoms with Crippen LogP contribution in [0.1, 0.15) is 53.2 Å². The zero-order chi connectivity index (χ0) is 22.5. The second-order valence-electron chi connectivity index (χ2n) is 8.08. The molecule has 0 amide bonds. The molecule has 4 heteroatoms. The van der Waals surface area contributed by atoms with Gasteiger partial charge in [-0.05, 0) is 53.8 Å². The molecule has 3 aromatic carbocycles. The first kappa shape index (κ1) is 21.6. The molecule has 0 N–H and O–H groups in total. The van der Waals surface area contributed by atoms with E-state index in [1.807, 2.05) is 36.5 Å². The van der Waals surface area contributed by atoms with Gasteiger partial charge >= 0.3 is 5.97 Å². The van der Waals surface area contributed by atoms with Crippen molar-refractivity contribution in [2.24, 2.45) is 4.99 Å². The van der Waals surface area contributed by atoms with E-state index in [2.05, 4.69) is 61.0 Å². The second kappa shape index (κ2) is 9.65. The van der Waals surface area contributed by atoms with Crippen molar-refractivity contribution in [3.05, 3.63) is 101 Å². The van der Waals surface area contributed by atoms with E-state index in [-0.39, 0.29) is 5.97 Å². The van der Waals surface area contributed by atoms with Crippen molar-refractivity contribution in [2.45, 2.75) is 32.7 Å². The topological polar surface area (TPSA) is 43.6 Å². The van der Waals surface area contributed by atoms with Crippen LogP contribution in [-0.2, 0) is 11.3 Å². The van der Waals surface area contributed by atoms with Crippen LogP contribution < -0.4 is 0 Å². The summed E-state index contributed by atoms with van der Waals surface area (Å²) in [5.41, 5.74) is 6.08. The number of benzene rings is 3. The number of aliphatic imine (C=N–C) groups is 1. The van der Waals surface area contributed by atoms with Crippen LogP contribution in [0.3, 0.4) is 0 Å². The number of carbonyl (C=O) groups is 1. The van der Waals surface area contributed by atoms with Crippen molar-refractivity contribution in [3.63, 3.8) is 0 Å². The van der Waals surface area contributed by atoms with E-state index in [1.54, 1.807) is 6.07 Å². The highest BCUT2D eigenvalue weighted by Gasteiger charge is 2.10. The monoisotopic (exact) mass is 424 g/mol. The van der Waals surface area contributed by atoms with Gasteiger partial charge in [0.1, 0.15) is 0 Å². The lowest BCUT2D eigenvalue weighted by Crippen LogP contribution is -2.03. The van der Waals surface area contributed by atoms with Gasteiger partial charge in [0.05, 0.1) is 18.4 Å². The van der Waals surface area contributed by atoms with Crippen LogP contribution in [0.4, 0.5) is 5.69 Å². The van der Waals surface area contributed by atoms with Gasteiger partial charge in [-0.15, -0.1) is 0 Å². The fraction of sp³-hybridized carbons (Fsp3) is 0.214. The summed E-state index contributed by atoms with van der Waals surface area (Å²) in [6, 6.07) is 24.4. The van der Waals surface area contributed by atoms with Crippen LogP contribution in [0.2, 0.25) is 0 Å². The van der Waals surface area contributed by atoms with Gasteiger partial charge in [-0.25, -0.2) is 4.79 Å². The highest BCUT2D eigenvalue weighted by atomic mass is 16.5. The molecule has 0 fully saturated rings. The fourth-order valence-electron chi connectivity index (χ4n) is 3.89. The summed E-state index contributed by atoms with van der Waals surface area (Å²) in [5, 5.41) is 1.15. The highest BCUT2D eigenvalue weighted by Crippen LogP contribution is 2.24. The molecule has 0 aliphatic rings. The fourth-order valence-corrected chi connectivity index (χ4v) is 3.89. The molecule has 0 aliphatic heterocycles. The first-order valence-corrected chi connectivity index (χ1v) is 11.0. The number of fused-ring (bicyclic) bond motifs is 1. The molecule has 4 nitrogen and oxygen atoms in total. The molecule has 1 aromatic heterocycles. The van der Waals surface area contributed by atoms with E-state index < -0.39 is 0 Å². The maximum atomic E-state index is 11.9. The van der Waals surface area contributed by atoms with E-state index in [9.17, 15) is 4.79 Å². The zero-order valence-electron chi connectivity index (χ0n) is 18.8. The number of esters is 1. The Morgan fingerprint density at radius 2 is 1.84 bits per heavy atom. The third kappa shape index (κ3) is 4.65. The molecule has 1 atom stereocenters. The standard InChI is InChI=1S/C28H28N2O2/c1-4-20(2)22-12-14-25(15-13-22)29-17-24-19-30(27-11-6-5-10-26(24)27)18-21-8-7-9-23(16-21)28(31)32-3/h5-17,19-20H,4,18H2,1-3H3/t20-/m0/s1. The van der Waals surface area contributed by atoms with Crippen molar-refractivity contribution in [2.75, 3.05) is 7.11 Å². The SMILES string of the molecule is CC[C@H](C)c1ccc(N=Cc2cn(Cc3cccc(C(=O)OC)c3)c3ccccc23)cc1. The van der Waals surface area contributed by atoms with Gasteiger partial charge in [-0.2, -0.15) is 0 Å². The molecule has 0 aliphatic carbocycles. The highest BCUT2D eigenvalue weighted by molar-refractivity contribution is 6.00. The van der Waals surface area contributed by atoms with Crippen molar-refractivity contribution in [1.29, 1.82) is 0 Å². The zero-order valence-corrected chi connectivity index (χ0v) is 18.8. The third-order valence-corrected chi connectivity index (χ3v) is 5.95. The van der Waals surface area contributed by atoms with Crippen molar-refractivity contribution >= 4 is 28.8 Å². The molecule has 0 saturated heterocycles. The van der Waals surface area contributed by atoms with Crippen LogP contribution in [0.25, 0.3) is 10.9 Å². The van der Waals surface area contributed by atoms with E-state index in [0.717, 1.165) is 34.1 Å². The average molecular weight is 425 g/mol. The van der Waals surface area contributed by atoms with Crippen LogP contribution in [0.5, 0.6) is 0 Å². The molecule has 162 valence electrons. The van der Waals surface area contributed by atoms with Gasteiger partial charge in [0, 0.05) is 35.4 Å². The first-order valence-electron chi connectivity index (χ1n) is 11.0. The minimum Gasteiger partial charge on any atom is -0.465 e. The Morgan fingerprint density at radius 3 is 2.59 bits per heavy atom. The van der Waals surface area contributed by atoms with Crippen molar-refractivity contribution < 1.29 is 9.53 Å². The Bertz CT molecular complexity index is 1250. The number of methoxy groups -OCH3 is 1. The number of rotatable bonds is 7. The maximum Gasteiger partial charge on any atom is 0.337 e. The summed E-state index contributed by atoms with van der Waals surface area (Å²) < 4.78 is 7.05. The number of aromatic nitrogens is 1. The predicted molar refractivity (Wildman–Crippen MR) is 131 cm³/mol. The maximum absolute atomic E-state index is 11.9. The molecule has 4 aromatic rings. The predicted octanol–water partition coefficient (Wildman–Crippen LogP) is 6.74. The lowest BCUT2D eigenvalue weighted by atomic mass is 9.99. The lowest BCUT2D eigenvalue weighted by Gasteiger charge is -2.08. The molecular weight excluding hydrogens is 396 g/mol. The Labute approximate surface area is 189 Å². The molecule has 0 spiro atoms. The van der Waals surface area contributed by atoms with Crippen LogP contribution >= 0.6 is 0 Å². The van der Waals surface area contributed by atoms with Gasteiger partial charge in [-0.3, -0.25) is 4.99 Å². The average Bonchev–Trinajstić information content (AvgIpc) is 3.19.